The number of nitrogen functional groups attached to an aromatic ring is 1. The molecule has 1 aromatic carbocycles. The third-order valence-corrected chi connectivity index (χ3v) is 3.57. The molecule has 0 spiro atoms. The second-order valence-electron chi connectivity index (χ2n) is 5.11. The lowest BCUT2D eigenvalue weighted by atomic mass is 10.1. The van der Waals surface area contributed by atoms with E-state index in [0.717, 1.165) is 18.5 Å². The summed E-state index contributed by atoms with van der Waals surface area (Å²) in [4.78, 5) is 14.2. The third-order valence-electron chi connectivity index (χ3n) is 3.57. The number of likely N-dealkylation sites (tertiary alicyclic amines) is 1. The van der Waals surface area contributed by atoms with Gasteiger partial charge < -0.3 is 15.4 Å². The van der Waals surface area contributed by atoms with Crippen LogP contribution in [0.25, 0.3) is 0 Å². The number of ether oxygens (including phenoxy) is 1. The van der Waals surface area contributed by atoms with E-state index in [1.165, 1.54) is 25.9 Å². The molecule has 0 amide bonds. The Balaban J connectivity index is 1.72. The number of hydrogen-bond acceptors (Lipinski definition) is 4. The zero-order valence-corrected chi connectivity index (χ0v) is 11.5. The van der Waals surface area contributed by atoms with Crippen LogP contribution in [0.3, 0.4) is 0 Å². The molecule has 0 atom stereocenters. The van der Waals surface area contributed by atoms with E-state index in [1.807, 2.05) is 13.0 Å². The van der Waals surface area contributed by atoms with E-state index in [-0.39, 0.29) is 5.97 Å². The van der Waals surface area contributed by atoms with Crippen molar-refractivity contribution in [2.24, 2.45) is 0 Å². The number of benzene rings is 1. The minimum Gasteiger partial charge on any atom is -0.462 e. The molecule has 1 heterocycles. The Morgan fingerprint density at radius 2 is 2.11 bits per heavy atom. The van der Waals surface area contributed by atoms with Gasteiger partial charge in [0.05, 0.1) is 12.2 Å². The summed E-state index contributed by atoms with van der Waals surface area (Å²) in [6.45, 7) is 5.78. The molecule has 0 aliphatic carbocycles. The van der Waals surface area contributed by atoms with Gasteiger partial charge in [0.15, 0.2) is 0 Å². The van der Waals surface area contributed by atoms with Crippen LogP contribution >= 0.6 is 0 Å². The van der Waals surface area contributed by atoms with Crippen molar-refractivity contribution >= 4 is 11.7 Å². The van der Waals surface area contributed by atoms with Crippen molar-refractivity contribution in [2.75, 3.05) is 32.0 Å². The standard InChI is InChI=1S/C15H22N2O2/c1-12-5-6-13(11-14(12)16)15(18)19-10-4-9-17-7-2-3-8-17/h5-6,11H,2-4,7-10,16H2,1H3. The predicted molar refractivity (Wildman–Crippen MR) is 76.2 cm³/mol. The second-order valence-corrected chi connectivity index (χ2v) is 5.11. The van der Waals surface area contributed by atoms with Crippen LogP contribution in [0.4, 0.5) is 5.69 Å². The minimum absolute atomic E-state index is 0.284. The predicted octanol–water partition coefficient (Wildman–Crippen LogP) is 2.22. The van der Waals surface area contributed by atoms with Crippen molar-refractivity contribution in [1.29, 1.82) is 0 Å². The van der Waals surface area contributed by atoms with E-state index in [1.54, 1.807) is 12.1 Å². The maximum absolute atomic E-state index is 11.8. The molecule has 4 nitrogen and oxygen atoms in total. The molecular weight excluding hydrogens is 240 g/mol. The Kier molecular flexibility index (Phi) is 4.80. The molecule has 0 radical (unpaired) electrons. The number of nitrogens with zero attached hydrogens (tertiary/aromatic N) is 1. The zero-order valence-electron chi connectivity index (χ0n) is 11.5. The van der Waals surface area contributed by atoms with Crippen molar-refractivity contribution in [3.05, 3.63) is 29.3 Å². The average Bonchev–Trinajstić information content (AvgIpc) is 2.91. The van der Waals surface area contributed by atoms with Gasteiger partial charge in [0, 0.05) is 12.2 Å². The van der Waals surface area contributed by atoms with Crippen molar-refractivity contribution < 1.29 is 9.53 Å². The number of anilines is 1. The SMILES string of the molecule is Cc1ccc(C(=O)OCCCN2CCCC2)cc1N. The molecule has 1 aromatic rings. The number of carbonyl (C=O) groups excluding carboxylic acids is 1. The lowest BCUT2D eigenvalue weighted by molar-refractivity contribution is 0.0491. The summed E-state index contributed by atoms with van der Waals surface area (Å²) in [6, 6.07) is 5.28. The first-order valence-electron chi connectivity index (χ1n) is 6.92. The smallest absolute Gasteiger partial charge is 0.338 e. The Hall–Kier alpha value is -1.55. The Bertz CT molecular complexity index is 440. The first kappa shape index (κ1) is 13.9. The zero-order chi connectivity index (χ0) is 13.7. The second kappa shape index (κ2) is 6.57. The number of rotatable bonds is 5. The summed E-state index contributed by atoms with van der Waals surface area (Å²) in [5.41, 5.74) is 7.92. The highest BCUT2D eigenvalue weighted by molar-refractivity contribution is 5.90. The molecule has 19 heavy (non-hydrogen) atoms. The number of hydrogen-bond donors (Lipinski definition) is 1. The summed E-state index contributed by atoms with van der Waals surface area (Å²) in [5.74, 6) is -0.284. The topological polar surface area (TPSA) is 55.6 Å². The van der Waals surface area contributed by atoms with E-state index in [9.17, 15) is 4.79 Å². The van der Waals surface area contributed by atoms with E-state index in [0.29, 0.717) is 17.9 Å². The number of aryl methyl sites for hydroxylation is 1. The first-order valence-corrected chi connectivity index (χ1v) is 6.92. The summed E-state index contributed by atoms with van der Waals surface area (Å²) < 4.78 is 5.26. The minimum atomic E-state index is -0.284. The molecule has 1 aliphatic rings. The van der Waals surface area contributed by atoms with Gasteiger partial charge in [-0.15, -0.1) is 0 Å². The summed E-state index contributed by atoms with van der Waals surface area (Å²) in [7, 11) is 0. The maximum Gasteiger partial charge on any atom is 0.338 e. The molecule has 4 heteroatoms. The Morgan fingerprint density at radius 3 is 2.79 bits per heavy atom. The van der Waals surface area contributed by atoms with Crippen LogP contribution in [0.1, 0.15) is 35.2 Å². The normalized spacial score (nSPS) is 15.6. The van der Waals surface area contributed by atoms with Gasteiger partial charge >= 0.3 is 5.97 Å². The molecule has 0 saturated carbocycles. The molecule has 1 fully saturated rings. The van der Waals surface area contributed by atoms with Gasteiger partial charge in [-0.25, -0.2) is 4.79 Å². The fourth-order valence-electron chi connectivity index (χ4n) is 2.31. The monoisotopic (exact) mass is 262 g/mol. The van der Waals surface area contributed by atoms with E-state index in [2.05, 4.69) is 4.90 Å². The highest BCUT2D eigenvalue weighted by Gasteiger charge is 2.12. The third kappa shape index (κ3) is 3.96. The van der Waals surface area contributed by atoms with Gasteiger partial charge in [0.1, 0.15) is 0 Å². The number of nitrogens with two attached hydrogens (primary N) is 1. The van der Waals surface area contributed by atoms with Crippen LogP contribution in [0, 0.1) is 6.92 Å². The summed E-state index contributed by atoms with van der Waals surface area (Å²) in [5, 5.41) is 0. The molecular formula is C15H22N2O2. The van der Waals surface area contributed by atoms with Gasteiger partial charge in [-0.3, -0.25) is 0 Å². The van der Waals surface area contributed by atoms with Gasteiger partial charge in [0.2, 0.25) is 0 Å². The number of esters is 1. The maximum atomic E-state index is 11.8. The molecule has 0 bridgehead atoms. The van der Waals surface area contributed by atoms with Crippen molar-refractivity contribution in [3.8, 4) is 0 Å². The summed E-state index contributed by atoms with van der Waals surface area (Å²) >= 11 is 0. The highest BCUT2D eigenvalue weighted by Crippen LogP contribution is 2.14. The van der Waals surface area contributed by atoms with E-state index >= 15 is 0 Å². The molecule has 2 N–H and O–H groups in total. The van der Waals surface area contributed by atoms with E-state index < -0.39 is 0 Å². The molecule has 0 unspecified atom stereocenters. The van der Waals surface area contributed by atoms with Gasteiger partial charge in [-0.05, 0) is 57.0 Å². The molecule has 1 saturated heterocycles. The van der Waals surface area contributed by atoms with Crippen LogP contribution in [0.5, 0.6) is 0 Å². The van der Waals surface area contributed by atoms with Crippen molar-refractivity contribution in [2.45, 2.75) is 26.2 Å². The summed E-state index contributed by atoms with van der Waals surface area (Å²) in [6.07, 6.45) is 3.48. The quantitative estimate of drug-likeness (QED) is 0.502. The van der Waals surface area contributed by atoms with Crippen molar-refractivity contribution in [3.63, 3.8) is 0 Å². The first-order chi connectivity index (χ1) is 9.16. The fourth-order valence-corrected chi connectivity index (χ4v) is 2.31. The largest absolute Gasteiger partial charge is 0.462 e. The van der Waals surface area contributed by atoms with Crippen LogP contribution in [-0.2, 0) is 4.74 Å². The lowest BCUT2D eigenvalue weighted by Gasteiger charge is -2.14. The van der Waals surface area contributed by atoms with Crippen LogP contribution in [0.15, 0.2) is 18.2 Å². The Labute approximate surface area is 114 Å². The Morgan fingerprint density at radius 1 is 1.37 bits per heavy atom. The van der Waals surface area contributed by atoms with Gasteiger partial charge in [-0.1, -0.05) is 6.07 Å². The van der Waals surface area contributed by atoms with Crippen LogP contribution in [-0.4, -0.2) is 37.1 Å². The van der Waals surface area contributed by atoms with E-state index in [4.69, 9.17) is 10.5 Å². The molecule has 0 aromatic heterocycles. The van der Waals surface area contributed by atoms with Crippen molar-refractivity contribution in [1.82, 2.24) is 4.90 Å². The van der Waals surface area contributed by atoms with Crippen LogP contribution in [0.2, 0.25) is 0 Å². The highest BCUT2D eigenvalue weighted by atomic mass is 16.5. The van der Waals surface area contributed by atoms with Gasteiger partial charge in [0.25, 0.3) is 0 Å². The number of carbonyl (C=O) groups is 1. The lowest BCUT2D eigenvalue weighted by Crippen LogP contribution is -2.22. The van der Waals surface area contributed by atoms with Gasteiger partial charge in [-0.2, -0.15) is 0 Å². The molecule has 104 valence electrons. The fraction of sp³-hybridized carbons (Fsp3) is 0.533. The molecule has 2 rings (SSSR count). The van der Waals surface area contributed by atoms with Crippen LogP contribution < -0.4 is 5.73 Å². The average molecular weight is 262 g/mol. The molecule has 1 aliphatic heterocycles.